The van der Waals surface area contributed by atoms with Gasteiger partial charge in [0.15, 0.2) is 0 Å². The van der Waals surface area contributed by atoms with Gasteiger partial charge in [0.2, 0.25) is 12.3 Å². The number of hydrogen-bond acceptors (Lipinski definition) is 4. The molecule has 1 aliphatic rings. The highest BCUT2D eigenvalue weighted by molar-refractivity contribution is 9.11. The van der Waals surface area contributed by atoms with E-state index in [0.29, 0.717) is 18.7 Å². The molecule has 2 amide bonds. The molecule has 0 bridgehead atoms. The molecule has 0 saturated carbocycles. The molecule has 1 heterocycles. The normalized spacial score (nSPS) is 13.5. The maximum atomic E-state index is 12.7. The first-order valence-corrected chi connectivity index (χ1v) is 11.8. The van der Waals surface area contributed by atoms with Crippen LogP contribution in [0.3, 0.4) is 0 Å². The molecule has 0 atom stereocenters. The minimum atomic E-state index is -0.0503. The average molecular weight is 516 g/mol. The highest BCUT2D eigenvalue weighted by atomic mass is 79.9. The van der Waals surface area contributed by atoms with Gasteiger partial charge in [0.1, 0.15) is 11.4 Å². The van der Waals surface area contributed by atoms with Crippen molar-refractivity contribution in [3.8, 4) is 17.6 Å². The fraction of sp³-hybridized carbons (Fsp3) is 0.385. The Hall–Kier alpha value is -2.98. The van der Waals surface area contributed by atoms with E-state index in [0.717, 1.165) is 27.9 Å². The molecule has 0 saturated heterocycles. The summed E-state index contributed by atoms with van der Waals surface area (Å²) in [5.41, 5.74) is 2.39. The molecule has 0 radical (unpaired) electrons. The van der Waals surface area contributed by atoms with Crippen molar-refractivity contribution in [3.63, 3.8) is 0 Å². The first kappa shape index (κ1) is 28.1. The third kappa shape index (κ3) is 8.82. The summed E-state index contributed by atoms with van der Waals surface area (Å²) in [6.45, 7) is 6.69. The standard InChI is InChI=1S/C24H28BrN3O3.C2H6/c1-5-6-7-23(22-13-10-20(25)17-26(22)2)28(18-29)15-14-24(30)27(3)16-19-8-11-21(31-4)12-9-19;1-2/h8-13,17-18H,5,14-16H2,1-4H3;1-2H3/b23-22+;. The molecule has 1 aromatic carbocycles. The predicted molar refractivity (Wildman–Crippen MR) is 137 cm³/mol. The van der Waals surface area contributed by atoms with E-state index < -0.39 is 0 Å². The number of halogens is 1. The second-order valence-electron chi connectivity index (χ2n) is 6.99. The Morgan fingerprint density at radius 3 is 2.42 bits per heavy atom. The van der Waals surface area contributed by atoms with Crippen LogP contribution in [0.4, 0.5) is 0 Å². The van der Waals surface area contributed by atoms with Crippen LogP contribution in [0.1, 0.15) is 39.2 Å². The van der Waals surface area contributed by atoms with E-state index in [1.165, 1.54) is 4.90 Å². The molecule has 2 rings (SSSR count). The summed E-state index contributed by atoms with van der Waals surface area (Å²) in [6, 6.07) is 7.60. The summed E-state index contributed by atoms with van der Waals surface area (Å²) >= 11 is 3.45. The van der Waals surface area contributed by atoms with Crippen molar-refractivity contribution in [3.05, 3.63) is 64.1 Å². The number of amides is 2. The summed E-state index contributed by atoms with van der Waals surface area (Å²) in [5.74, 6) is 6.85. The van der Waals surface area contributed by atoms with E-state index in [4.69, 9.17) is 4.74 Å². The summed E-state index contributed by atoms with van der Waals surface area (Å²) in [5, 5.41) is 0. The van der Waals surface area contributed by atoms with Gasteiger partial charge >= 0.3 is 0 Å². The number of nitrogens with zero attached hydrogens (tertiary/aromatic N) is 3. The third-order valence-corrected chi connectivity index (χ3v) is 5.18. The number of carbonyl (C=O) groups excluding carboxylic acids is 2. The molecule has 0 aromatic heterocycles. The van der Waals surface area contributed by atoms with E-state index in [1.807, 2.05) is 75.3 Å². The van der Waals surface area contributed by atoms with Gasteiger partial charge in [-0.05, 0) is 51.7 Å². The number of rotatable bonds is 8. The highest BCUT2D eigenvalue weighted by Gasteiger charge is 2.18. The van der Waals surface area contributed by atoms with Gasteiger partial charge < -0.3 is 19.4 Å². The Kier molecular flexibility index (Phi) is 12.7. The molecule has 1 aliphatic heterocycles. The van der Waals surface area contributed by atoms with Crippen molar-refractivity contribution in [1.29, 1.82) is 0 Å². The van der Waals surface area contributed by atoms with Crippen molar-refractivity contribution in [2.45, 2.75) is 40.2 Å². The first-order chi connectivity index (χ1) is 15.9. The Balaban J connectivity index is 0.00000265. The van der Waals surface area contributed by atoms with Gasteiger partial charge in [-0.25, -0.2) is 0 Å². The minimum absolute atomic E-state index is 0.0503. The molecule has 0 N–H and O–H groups in total. The fourth-order valence-corrected chi connectivity index (χ4v) is 3.43. The molecule has 178 valence electrons. The van der Waals surface area contributed by atoms with Crippen LogP contribution in [0.2, 0.25) is 0 Å². The number of ether oxygens (including phenoxy) is 1. The Morgan fingerprint density at radius 1 is 1.21 bits per heavy atom. The van der Waals surface area contributed by atoms with Crippen molar-refractivity contribution < 1.29 is 14.3 Å². The van der Waals surface area contributed by atoms with E-state index >= 15 is 0 Å². The van der Waals surface area contributed by atoms with E-state index in [2.05, 4.69) is 27.8 Å². The van der Waals surface area contributed by atoms with Gasteiger partial charge in [0, 0.05) is 50.7 Å². The SMILES string of the molecule is CC.CCC#C/C(=C1/C=CC(Br)=CN1C)N(C=O)CCC(=O)N(C)Cc1ccc(OC)cc1. The minimum Gasteiger partial charge on any atom is -0.497 e. The second-order valence-corrected chi connectivity index (χ2v) is 7.91. The number of hydrogen-bond donors (Lipinski definition) is 0. The van der Waals surface area contributed by atoms with E-state index in [-0.39, 0.29) is 18.9 Å². The summed E-state index contributed by atoms with van der Waals surface area (Å²) in [6.07, 6.45) is 7.30. The first-order valence-electron chi connectivity index (χ1n) is 11.0. The van der Waals surface area contributed by atoms with Gasteiger partial charge in [0.25, 0.3) is 0 Å². The van der Waals surface area contributed by atoms with Crippen LogP contribution in [0.5, 0.6) is 5.75 Å². The number of methoxy groups -OCH3 is 1. The van der Waals surface area contributed by atoms with E-state index in [9.17, 15) is 9.59 Å². The summed E-state index contributed by atoms with van der Waals surface area (Å²) in [7, 11) is 5.27. The van der Waals surface area contributed by atoms with Crippen LogP contribution in [-0.4, -0.2) is 54.8 Å². The van der Waals surface area contributed by atoms with Crippen molar-refractivity contribution >= 4 is 28.2 Å². The maximum absolute atomic E-state index is 12.7. The second kappa shape index (κ2) is 15.0. The van der Waals surface area contributed by atoms with Crippen LogP contribution in [0.15, 0.2) is 58.5 Å². The van der Waals surface area contributed by atoms with Gasteiger partial charge in [-0.1, -0.05) is 38.8 Å². The predicted octanol–water partition coefficient (Wildman–Crippen LogP) is 4.89. The molecule has 7 heteroatoms. The Labute approximate surface area is 206 Å². The monoisotopic (exact) mass is 515 g/mol. The summed E-state index contributed by atoms with van der Waals surface area (Å²) < 4.78 is 6.09. The Bertz CT molecular complexity index is 940. The van der Waals surface area contributed by atoms with Gasteiger partial charge in [-0.3, -0.25) is 9.59 Å². The topological polar surface area (TPSA) is 53.1 Å². The van der Waals surface area contributed by atoms with Crippen LogP contribution in [0.25, 0.3) is 0 Å². The average Bonchev–Trinajstić information content (AvgIpc) is 2.83. The highest BCUT2D eigenvalue weighted by Crippen LogP contribution is 2.23. The molecule has 0 unspecified atom stereocenters. The molecule has 0 aliphatic carbocycles. The third-order valence-electron chi connectivity index (χ3n) is 4.71. The molecule has 6 nitrogen and oxygen atoms in total. The van der Waals surface area contributed by atoms with Crippen LogP contribution >= 0.6 is 15.9 Å². The van der Waals surface area contributed by atoms with Gasteiger partial charge in [0.05, 0.1) is 12.8 Å². The van der Waals surface area contributed by atoms with Crippen molar-refractivity contribution in [1.82, 2.24) is 14.7 Å². The summed E-state index contributed by atoms with van der Waals surface area (Å²) in [4.78, 5) is 29.6. The van der Waals surface area contributed by atoms with Crippen molar-refractivity contribution in [2.24, 2.45) is 0 Å². The molecule has 0 spiro atoms. The molecular formula is C26H34BrN3O3. The number of likely N-dealkylation sites (N-methyl/N-ethyl adjacent to an activating group) is 1. The zero-order chi connectivity index (χ0) is 24.8. The molecule has 0 fully saturated rings. The lowest BCUT2D eigenvalue weighted by Crippen LogP contribution is -2.32. The zero-order valence-corrected chi connectivity index (χ0v) is 22.0. The number of allylic oxidation sites excluding steroid dienone is 4. The smallest absolute Gasteiger partial charge is 0.224 e. The lowest BCUT2D eigenvalue weighted by Gasteiger charge is -2.26. The van der Waals surface area contributed by atoms with Crippen LogP contribution in [0, 0.1) is 11.8 Å². The lowest BCUT2D eigenvalue weighted by atomic mass is 10.2. The molecular weight excluding hydrogens is 482 g/mol. The number of benzene rings is 1. The molecule has 33 heavy (non-hydrogen) atoms. The van der Waals surface area contributed by atoms with Crippen LogP contribution < -0.4 is 4.74 Å². The van der Waals surface area contributed by atoms with Crippen LogP contribution in [-0.2, 0) is 16.1 Å². The van der Waals surface area contributed by atoms with Gasteiger partial charge in [-0.2, -0.15) is 0 Å². The van der Waals surface area contributed by atoms with Gasteiger partial charge in [-0.15, -0.1) is 0 Å². The maximum Gasteiger partial charge on any atom is 0.224 e. The fourth-order valence-electron chi connectivity index (χ4n) is 2.99. The van der Waals surface area contributed by atoms with E-state index in [1.54, 1.807) is 19.1 Å². The lowest BCUT2D eigenvalue weighted by molar-refractivity contribution is -0.130. The van der Waals surface area contributed by atoms with Crippen molar-refractivity contribution in [2.75, 3.05) is 27.7 Å². The molecule has 1 aromatic rings. The Morgan fingerprint density at radius 2 is 1.88 bits per heavy atom. The largest absolute Gasteiger partial charge is 0.497 e. The number of carbonyl (C=O) groups is 2. The quantitative estimate of drug-likeness (QED) is 0.365. The zero-order valence-electron chi connectivity index (χ0n) is 20.4.